The maximum absolute atomic E-state index is 12.6. The van der Waals surface area contributed by atoms with Crippen molar-refractivity contribution in [1.29, 1.82) is 0 Å². The molecule has 9 heteroatoms. The van der Waals surface area contributed by atoms with E-state index in [1.165, 1.54) is 18.9 Å². The zero-order chi connectivity index (χ0) is 22.2. The molecular formula is C22H25N5O3S. The second-order valence-electron chi connectivity index (χ2n) is 6.86. The van der Waals surface area contributed by atoms with Gasteiger partial charge in [0, 0.05) is 31.0 Å². The fraction of sp³-hybridized carbons (Fsp3) is 0.318. The van der Waals surface area contributed by atoms with Gasteiger partial charge in [-0.15, -0.1) is 10.2 Å². The maximum atomic E-state index is 12.6. The molecule has 2 aromatic heterocycles. The smallest absolute Gasteiger partial charge is 0.337 e. The minimum atomic E-state index is -0.386. The lowest BCUT2D eigenvalue weighted by Crippen LogP contribution is -2.30. The summed E-state index contributed by atoms with van der Waals surface area (Å²) in [5.74, 6) is 0.284. The van der Waals surface area contributed by atoms with Crippen molar-refractivity contribution in [3.8, 4) is 11.4 Å². The highest BCUT2D eigenvalue weighted by Gasteiger charge is 2.20. The van der Waals surface area contributed by atoms with Crippen LogP contribution in [0.2, 0.25) is 0 Å². The number of ether oxygens (including phenoxy) is 1. The number of carbonyl (C=O) groups excluding carboxylic acids is 2. The van der Waals surface area contributed by atoms with Crippen LogP contribution in [0.1, 0.15) is 36.2 Å². The fourth-order valence-electron chi connectivity index (χ4n) is 2.94. The number of nitrogens with zero attached hydrogens (tertiary/aromatic N) is 4. The molecule has 2 heterocycles. The minimum Gasteiger partial charge on any atom is -0.465 e. The third kappa shape index (κ3) is 5.69. The molecule has 1 N–H and O–H groups in total. The van der Waals surface area contributed by atoms with E-state index in [-0.39, 0.29) is 17.1 Å². The van der Waals surface area contributed by atoms with Crippen molar-refractivity contribution in [2.24, 2.45) is 0 Å². The first-order valence-corrected chi connectivity index (χ1v) is 10.9. The summed E-state index contributed by atoms with van der Waals surface area (Å²) in [6.07, 6.45) is 4.37. The van der Waals surface area contributed by atoms with E-state index < -0.39 is 0 Å². The normalized spacial score (nSPS) is 11.7. The number of benzene rings is 1. The van der Waals surface area contributed by atoms with Crippen molar-refractivity contribution < 1.29 is 14.3 Å². The molecule has 0 bridgehead atoms. The lowest BCUT2D eigenvalue weighted by Gasteiger charge is -2.13. The standard InChI is InChI=1S/C22H25N5O3S/c1-4-13-27-19(17-9-11-23-12-10-17)25-26-22(27)31-15(2)20(28)24-14-16-5-7-18(8-6-16)21(29)30-3/h5-12,15H,4,13-14H2,1-3H3,(H,24,28). The number of nitrogens with one attached hydrogen (secondary N) is 1. The molecule has 162 valence electrons. The van der Waals surface area contributed by atoms with Crippen molar-refractivity contribution in [2.75, 3.05) is 7.11 Å². The zero-order valence-electron chi connectivity index (χ0n) is 17.7. The molecule has 0 aliphatic carbocycles. The first-order chi connectivity index (χ1) is 15.0. The summed E-state index contributed by atoms with van der Waals surface area (Å²) in [7, 11) is 1.34. The van der Waals surface area contributed by atoms with Crippen LogP contribution in [0.5, 0.6) is 0 Å². The van der Waals surface area contributed by atoms with Gasteiger partial charge >= 0.3 is 5.97 Å². The van der Waals surface area contributed by atoms with Crippen molar-refractivity contribution in [2.45, 2.75) is 43.8 Å². The van der Waals surface area contributed by atoms with Gasteiger partial charge in [0.15, 0.2) is 11.0 Å². The van der Waals surface area contributed by atoms with Crippen LogP contribution in [0.4, 0.5) is 0 Å². The average Bonchev–Trinajstić information content (AvgIpc) is 3.20. The van der Waals surface area contributed by atoms with Gasteiger partial charge in [-0.1, -0.05) is 30.8 Å². The number of aromatic nitrogens is 4. The number of pyridine rings is 1. The fourth-order valence-corrected chi connectivity index (χ4v) is 3.84. The molecule has 1 atom stereocenters. The molecule has 8 nitrogen and oxygen atoms in total. The first kappa shape index (κ1) is 22.5. The highest BCUT2D eigenvalue weighted by molar-refractivity contribution is 8.00. The Morgan fingerprint density at radius 1 is 1.13 bits per heavy atom. The third-order valence-electron chi connectivity index (χ3n) is 4.60. The Hall–Kier alpha value is -3.20. The second kappa shape index (κ2) is 10.7. The number of hydrogen-bond acceptors (Lipinski definition) is 7. The summed E-state index contributed by atoms with van der Waals surface area (Å²) in [6, 6.07) is 10.7. The number of hydrogen-bond donors (Lipinski definition) is 1. The van der Waals surface area contributed by atoms with Crippen LogP contribution < -0.4 is 5.32 Å². The predicted octanol–water partition coefficient (Wildman–Crippen LogP) is 3.33. The van der Waals surface area contributed by atoms with Crippen molar-refractivity contribution >= 4 is 23.6 Å². The zero-order valence-corrected chi connectivity index (χ0v) is 18.6. The SMILES string of the molecule is CCCn1c(SC(C)C(=O)NCc2ccc(C(=O)OC)cc2)nnc1-c1ccncc1. The van der Waals surface area contributed by atoms with Gasteiger partial charge in [0.1, 0.15) is 0 Å². The van der Waals surface area contributed by atoms with Crippen LogP contribution >= 0.6 is 11.8 Å². The topological polar surface area (TPSA) is 99.0 Å². The highest BCUT2D eigenvalue weighted by Crippen LogP contribution is 2.27. The summed E-state index contributed by atoms with van der Waals surface area (Å²) >= 11 is 1.38. The average molecular weight is 440 g/mol. The van der Waals surface area contributed by atoms with Crippen molar-refractivity contribution in [3.05, 3.63) is 59.9 Å². The molecule has 0 aliphatic rings. The molecule has 3 aromatic rings. The molecule has 0 radical (unpaired) electrons. The summed E-state index contributed by atoms with van der Waals surface area (Å²) in [6.45, 7) is 5.06. The number of esters is 1. The van der Waals surface area contributed by atoms with Gasteiger partial charge in [-0.3, -0.25) is 9.78 Å². The van der Waals surface area contributed by atoms with E-state index >= 15 is 0 Å². The van der Waals surface area contributed by atoms with Crippen LogP contribution in [0.3, 0.4) is 0 Å². The van der Waals surface area contributed by atoms with E-state index in [9.17, 15) is 9.59 Å². The summed E-state index contributed by atoms with van der Waals surface area (Å²) in [4.78, 5) is 28.2. The molecule has 1 amide bonds. The first-order valence-electron chi connectivity index (χ1n) is 9.98. The molecule has 31 heavy (non-hydrogen) atoms. The van der Waals surface area contributed by atoms with Crippen molar-refractivity contribution in [1.82, 2.24) is 25.1 Å². The van der Waals surface area contributed by atoms with Gasteiger partial charge in [0.25, 0.3) is 0 Å². The minimum absolute atomic E-state index is 0.0986. The lowest BCUT2D eigenvalue weighted by atomic mass is 10.1. The Morgan fingerprint density at radius 2 is 1.84 bits per heavy atom. The molecule has 0 spiro atoms. The number of rotatable bonds is 9. The van der Waals surface area contributed by atoms with Gasteiger partial charge in [0.2, 0.25) is 5.91 Å². The monoisotopic (exact) mass is 439 g/mol. The molecule has 0 aliphatic heterocycles. The summed E-state index contributed by atoms with van der Waals surface area (Å²) < 4.78 is 6.73. The number of methoxy groups -OCH3 is 1. The van der Waals surface area contributed by atoms with Crippen LogP contribution in [-0.4, -0.2) is 44.0 Å². The van der Waals surface area contributed by atoms with Crippen LogP contribution in [0.25, 0.3) is 11.4 Å². The third-order valence-corrected chi connectivity index (χ3v) is 5.68. The number of amides is 1. The van der Waals surface area contributed by atoms with Gasteiger partial charge in [-0.25, -0.2) is 4.79 Å². The summed E-state index contributed by atoms with van der Waals surface area (Å²) in [5.41, 5.74) is 2.31. The second-order valence-corrected chi connectivity index (χ2v) is 8.17. The van der Waals surface area contributed by atoms with E-state index in [4.69, 9.17) is 4.74 Å². The van der Waals surface area contributed by atoms with Gasteiger partial charge in [-0.05, 0) is 43.2 Å². The van der Waals surface area contributed by atoms with E-state index in [1.807, 2.05) is 23.6 Å². The summed E-state index contributed by atoms with van der Waals surface area (Å²) in [5, 5.41) is 11.9. The Balaban J connectivity index is 1.63. The number of carbonyl (C=O) groups is 2. The molecule has 0 saturated heterocycles. The molecule has 3 rings (SSSR count). The molecule has 0 saturated carbocycles. The van der Waals surface area contributed by atoms with Crippen LogP contribution in [0.15, 0.2) is 53.9 Å². The largest absolute Gasteiger partial charge is 0.465 e. The Kier molecular flexibility index (Phi) is 7.77. The van der Waals surface area contributed by atoms with Gasteiger partial charge in [0.05, 0.1) is 17.9 Å². The van der Waals surface area contributed by atoms with E-state index in [0.717, 1.165) is 29.9 Å². The van der Waals surface area contributed by atoms with Crippen LogP contribution in [0, 0.1) is 0 Å². The lowest BCUT2D eigenvalue weighted by molar-refractivity contribution is -0.120. The molecule has 1 aromatic carbocycles. The Bertz CT molecular complexity index is 1020. The van der Waals surface area contributed by atoms with Gasteiger partial charge < -0.3 is 14.6 Å². The quantitative estimate of drug-likeness (QED) is 0.403. The molecule has 0 fully saturated rings. The Labute approximate surface area is 185 Å². The molecular weight excluding hydrogens is 414 g/mol. The van der Waals surface area contributed by atoms with Gasteiger partial charge in [-0.2, -0.15) is 0 Å². The maximum Gasteiger partial charge on any atom is 0.337 e. The van der Waals surface area contributed by atoms with E-state index in [0.29, 0.717) is 17.3 Å². The van der Waals surface area contributed by atoms with E-state index in [1.54, 1.807) is 36.7 Å². The Morgan fingerprint density at radius 3 is 2.48 bits per heavy atom. The van der Waals surface area contributed by atoms with Crippen LogP contribution in [-0.2, 0) is 22.6 Å². The predicted molar refractivity (Wildman–Crippen MR) is 118 cm³/mol. The van der Waals surface area contributed by atoms with Crippen molar-refractivity contribution in [3.63, 3.8) is 0 Å². The van der Waals surface area contributed by atoms with E-state index in [2.05, 4.69) is 27.4 Å². The number of thioether (sulfide) groups is 1. The highest BCUT2D eigenvalue weighted by atomic mass is 32.2. The molecule has 1 unspecified atom stereocenters.